The molecule has 1 heterocycles. The summed E-state index contributed by atoms with van der Waals surface area (Å²) in [4.78, 5) is 14.1. The number of halogens is 1. The van der Waals surface area contributed by atoms with Crippen molar-refractivity contribution in [2.24, 2.45) is 5.73 Å². The van der Waals surface area contributed by atoms with Crippen molar-refractivity contribution < 1.29 is 13.9 Å². The number of anilines is 1. The Morgan fingerprint density at radius 2 is 1.91 bits per heavy atom. The van der Waals surface area contributed by atoms with Gasteiger partial charge >= 0.3 is 0 Å². The first-order chi connectivity index (χ1) is 11.1. The number of alkyl halides is 1. The number of hydrogen-bond acceptors (Lipinski definition) is 3. The van der Waals surface area contributed by atoms with Gasteiger partial charge in [-0.1, -0.05) is 42.5 Å². The van der Waals surface area contributed by atoms with Crippen LogP contribution in [-0.2, 0) is 4.79 Å². The van der Waals surface area contributed by atoms with E-state index in [0.29, 0.717) is 11.4 Å². The molecule has 4 nitrogen and oxygen atoms in total. The fourth-order valence-electron chi connectivity index (χ4n) is 2.68. The lowest BCUT2D eigenvalue weighted by atomic mass is 10.0. The number of ether oxygens (including phenoxy) is 1. The molecule has 1 unspecified atom stereocenters. The zero-order valence-electron chi connectivity index (χ0n) is 12.7. The van der Waals surface area contributed by atoms with E-state index in [1.54, 1.807) is 24.3 Å². The van der Waals surface area contributed by atoms with Gasteiger partial charge in [-0.2, -0.15) is 0 Å². The van der Waals surface area contributed by atoms with Gasteiger partial charge in [0.2, 0.25) is 5.91 Å². The van der Waals surface area contributed by atoms with Gasteiger partial charge in [0.1, 0.15) is 12.4 Å². The molecule has 0 saturated carbocycles. The van der Waals surface area contributed by atoms with Crippen LogP contribution in [0.15, 0.2) is 54.6 Å². The summed E-state index contributed by atoms with van der Waals surface area (Å²) in [5.74, 6) is 0.316. The van der Waals surface area contributed by atoms with Crippen molar-refractivity contribution in [1.82, 2.24) is 0 Å². The monoisotopic (exact) mass is 314 g/mol. The van der Waals surface area contributed by atoms with Crippen molar-refractivity contribution in [3.05, 3.63) is 60.2 Å². The quantitative estimate of drug-likeness (QED) is 0.948. The van der Waals surface area contributed by atoms with Crippen LogP contribution in [0.2, 0.25) is 0 Å². The van der Waals surface area contributed by atoms with Crippen LogP contribution in [0, 0.1) is 0 Å². The maximum Gasteiger partial charge on any atom is 0.229 e. The van der Waals surface area contributed by atoms with Gasteiger partial charge in [0.15, 0.2) is 6.17 Å². The summed E-state index contributed by atoms with van der Waals surface area (Å²) in [7, 11) is 0. The van der Waals surface area contributed by atoms with E-state index in [4.69, 9.17) is 10.5 Å². The normalized spacial score (nSPS) is 18.5. The highest BCUT2D eigenvalue weighted by Crippen LogP contribution is 2.32. The number of nitrogens with zero attached hydrogens (tertiary/aromatic N) is 1. The molecular weight excluding hydrogens is 295 g/mol. The van der Waals surface area contributed by atoms with Crippen LogP contribution < -0.4 is 15.4 Å². The van der Waals surface area contributed by atoms with Gasteiger partial charge in [-0.3, -0.25) is 4.79 Å². The van der Waals surface area contributed by atoms with E-state index in [1.807, 2.05) is 30.3 Å². The average Bonchev–Trinajstić information content (AvgIpc) is 2.75. The molecule has 5 heteroatoms. The van der Waals surface area contributed by atoms with Gasteiger partial charge in [0.05, 0.1) is 12.2 Å². The molecule has 120 valence electrons. The summed E-state index contributed by atoms with van der Waals surface area (Å²) in [5, 5.41) is 0. The van der Waals surface area contributed by atoms with Gasteiger partial charge in [0, 0.05) is 12.5 Å². The van der Waals surface area contributed by atoms with Crippen molar-refractivity contribution in [3.63, 3.8) is 0 Å². The Labute approximate surface area is 134 Å². The van der Waals surface area contributed by atoms with Gasteiger partial charge < -0.3 is 15.4 Å². The van der Waals surface area contributed by atoms with Crippen molar-refractivity contribution in [2.75, 3.05) is 18.1 Å². The molecule has 1 aliphatic heterocycles. The van der Waals surface area contributed by atoms with Gasteiger partial charge in [-0.15, -0.1) is 0 Å². The lowest BCUT2D eigenvalue weighted by Crippen LogP contribution is -2.37. The van der Waals surface area contributed by atoms with Crippen molar-refractivity contribution in [2.45, 2.75) is 18.6 Å². The van der Waals surface area contributed by atoms with Crippen LogP contribution in [0.4, 0.5) is 10.1 Å². The van der Waals surface area contributed by atoms with E-state index in [1.165, 1.54) is 4.90 Å². The highest BCUT2D eigenvalue weighted by atomic mass is 19.1. The maximum absolute atomic E-state index is 13.9. The molecule has 3 rings (SSSR count). The zero-order chi connectivity index (χ0) is 16.2. The maximum atomic E-state index is 13.9. The van der Waals surface area contributed by atoms with Gasteiger partial charge in [0.25, 0.3) is 0 Å². The molecular formula is C18H19FN2O2. The molecule has 2 N–H and O–H groups in total. The van der Waals surface area contributed by atoms with E-state index in [-0.39, 0.29) is 25.5 Å². The second-order valence-electron chi connectivity index (χ2n) is 5.60. The Bertz CT molecular complexity index is 678. The SMILES string of the molecule is N[C@@H](CC(=O)N1CC(F)COc2ccccc21)c1ccccc1. The molecule has 0 aliphatic carbocycles. The molecule has 23 heavy (non-hydrogen) atoms. The highest BCUT2D eigenvalue weighted by Gasteiger charge is 2.28. The number of carbonyl (C=O) groups is 1. The van der Waals surface area contributed by atoms with Crippen molar-refractivity contribution >= 4 is 11.6 Å². The Morgan fingerprint density at radius 1 is 1.22 bits per heavy atom. The van der Waals surface area contributed by atoms with E-state index in [2.05, 4.69) is 0 Å². The number of benzene rings is 2. The van der Waals surface area contributed by atoms with Crippen molar-refractivity contribution in [3.8, 4) is 5.75 Å². The summed E-state index contributed by atoms with van der Waals surface area (Å²) in [6, 6.07) is 16.1. The molecule has 2 aromatic carbocycles. The third kappa shape index (κ3) is 3.51. The Hall–Kier alpha value is -2.40. The third-order valence-electron chi connectivity index (χ3n) is 3.88. The minimum Gasteiger partial charge on any atom is -0.488 e. The second-order valence-corrected chi connectivity index (χ2v) is 5.60. The van der Waals surface area contributed by atoms with Crippen LogP contribution in [0.25, 0.3) is 0 Å². The Balaban J connectivity index is 1.80. The van der Waals surface area contributed by atoms with Crippen LogP contribution in [-0.4, -0.2) is 25.2 Å². The molecule has 2 aromatic rings. The average molecular weight is 314 g/mol. The molecule has 0 fully saturated rings. The number of hydrogen-bond donors (Lipinski definition) is 1. The lowest BCUT2D eigenvalue weighted by Gasteiger charge is -2.24. The predicted octanol–water partition coefficient (Wildman–Crippen LogP) is 2.84. The number of rotatable bonds is 3. The van der Waals surface area contributed by atoms with E-state index in [0.717, 1.165) is 5.56 Å². The summed E-state index contributed by atoms with van der Waals surface area (Å²) in [6.45, 7) is -0.0666. The van der Waals surface area contributed by atoms with E-state index in [9.17, 15) is 9.18 Å². The number of amides is 1. The minimum absolute atomic E-state index is 0.0165. The van der Waals surface area contributed by atoms with Gasteiger partial charge in [-0.25, -0.2) is 4.39 Å². The first-order valence-electron chi connectivity index (χ1n) is 7.62. The predicted molar refractivity (Wildman–Crippen MR) is 87.2 cm³/mol. The third-order valence-corrected chi connectivity index (χ3v) is 3.88. The molecule has 1 aliphatic rings. The zero-order valence-corrected chi connectivity index (χ0v) is 12.7. The fraction of sp³-hybridized carbons (Fsp3) is 0.278. The largest absolute Gasteiger partial charge is 0.488 e. The number of fused-ring (bicyclic) bond motifs is 1. The smallest absolute Gasteiger partial charge is 0.229 e. The van der Waals surface area contributed by atoms with E-state index >= 15 is 0 Å². The molecule has 2 atom stereocenters. The second kappa shape index (κ2) is 6.79. The first kappa shape index (κ1) is 15.5. The lowest BCUT2D eigenvalue weighted by molar-refractivity contribution is -0.119. The van der Waals surface area contributed by atoms with Crippen LogP contribution in [0.3, 0.4) is 0 Å². The topological polar surface area (TPSA) is 55.6 Å². The summed E-state index contributed by atoms with van der Waals surface area (Å²) < 4.78 is 19.4. The Morgan fingerprint density at radius 3 is 2.70 bits per heavy atom. The molecule has 0 radical (unpaired) electrons. The molecule has 0 saturated heterocycles. The summed E-state index contributed by atoms with van der Waals surface area (Å²) >= 11 is 0. The van der Waals surface area contributed by atoms with Crippen molar-refractivity contribution in [1.29, 1.82) is 0 Å². The highest BCUT2D eigenvalue weighted by molar-refractivity contribution is 5.95. The van der Waals surface area contributed by atoms with E-state index < -0.39 is 12.2 Å². The number of carbonyl (C=O) groups excluding carboxylic acids is 1. The first-order valence-corrected chi connectivity index (χ1v) is 7.62. The summed E-state index contributed by atoms with van der Waals surface area (Å²) in [6.07, 6.45) is -1.11. The fourth-order valence-corrected chi connectivity index (χ4v) is 2.68. The summed E-state index contributed by atoms with van der Waals surface area (Å²) in [5.41, 5.74) is 7.61. The minimum atomic E-state index is -1.22. The Kier molecular flexibility index (Phi) is 4.57. The molecule has 1 amide bonds. The molecule has 0 bridgehead atoms. The van der Waals surface area contributed by atoms with Crippen LogP contribution in [0.1, 0.15) is 18.0 Å². The van der Waals surface area contributed by atoms with Crippen LogP contribution >= 0.6 is 0 Å². The van der Waals surface area contributed by atoms with Gasteiger partial charge in [-0.05, 0) is 17.7 Å². The molecule has 0 aromatic heterocycles. The standard InChI is InChI=1S/C18H19FN2O2/c19-14-11-21(16-8-4-5-9-17(16)23-12-14)18(22)10-15(20)13-6-2-1-3-7-13/h1-9,14-15H,10-12,20H2/t14?,15-/m0/s1. The van der Waals surface area contributed by atoms with Crippen LogP contribution in [0.5, 0.6) is 5.75 Å². The number of nitrogens with two attached hydrogens (primary N) is 1. The molecule has 0 spiro atoms. The number of para-hydroxylation sites is 2.